The van der Waals surface area contributed by atoms with E-state index in [4.69, 9.17) is 65.5 Å². The van der Waals surface area contributed by atoms with Crippen molar-refractivity contribution in [2.24, 2.45) is 0 Å². The van der Waals surface area contributed by atoms with Gasteiger partial charge in [0.2, 0.25) is 0 Å². The third-order valence-corrected chi connectivity index (χ3v) is 19.5. The number of aromatic nitrogens is 13. The Balaban J connectivity index is 0.000000139. The predicted octanol–water partition coefficient (Wildman–Crippen LogP) is 20.6. The van der Waals surface area contributed by atoms with E-state index in [2.05, 4.69) is 121 Å². The average molecular weight is 1750 g/mol. The van der Waals surface area contributed by atoms with Gasteiger partial charge < -0.3 is 42.5 Å². The second-order valence-electron chi connectivity index (χ2n) is 26.0. The van der Waals surface area contributed by atoms with Crippen LogP contribution < -0.4 is 42.5 Å². The van der Waals surface area contributed by atoms with Crippen LogP contribution in [0, 0.1) is 34.0 Å². The van der Waals surface area contributed by atoms with E-state index in [1.54, 1.807) is 85.3 Å². The van der Waals surface area contributed by atoms with Gasteiger partial charge in [0.25, 0.3) is 0 Å². The molecule has 0 spiro atoms. The van der Waals surface area contributed by atoms with Crippen molar-refractivity contribution in [1.29, 1.82) is 15.8 Å². The molecule has 604 valence electrons. The maximum absolute atomic E-state index is 13.2. The topological polar surface area (TPSA) is 338 Å². The lowest BCUT2D eigenvalue weighted by Gasteiger charge is -2.13. The van der Waals surface area contributed by atoms with Gasteiger partial charge in [0.15, 0.2) is 23.3 Å². The normalized spacial score (nSPS) is 11.0. The second kappa shape index (κ2) is 40.2. The minimum Gasteiger partial charge on any atom is -0.369 e. The van der Waals surface area contributed by atoms with Crippen LogP contribution in [0.25, 0.3) is 89.2 Å². The van der Waals surface area contributed by atoms with Gasteiger partial charge in [-0.3, -0.25) is 5.10 Å². The molecule has 0 aliphatic carbocycles. The minimum absolute atomic E-state index is 0.0917. The number of hydrogen-bond acceptors (Lipinski definition) is 23. The van der Waals surface area contributed by atoms with Crippen LogP contribution in [0.15, 0.2) is 254 Å². The Hall–Kier alpha value is -14.4. The molecule has 0 radical (unpaired) electrons. The number of alkyl halides is 6. The lowest BCUT2D eigenvalue weighted by molar-refractivity contribution is -0.138. The zero-order valence-electron chi connectivity index (χ0n) is 63.3. The van der Waals surface area contributed by atoms with Crippen LogP contribution in [0.5, 0.6) is 0 Å². The Bertz CT molecular complexity index is 6230. The monoisotopic (exact) mass is 1740 g/mol. The molecule has 0 bridgehead atoms. The van der Waals surface area contributed by atoms with Crippen molar-refractivity contribution in [3.8, 4) is 63.8 Å². The molecule has 0 amide bonds. The summed E-state index contributed by atoms with van der Waals surface area (Å²) in [6.07, 6.45) is -2.79. The van der Waals surface area contributed by atoms with E-state index in [-0.39, 0.29) is 32.8 Å². The maximum Gasteiger partial charge on any atom is 0.416 e. The van der Waals surface area contributed by atoms with Crippen LogP contribution in [0.1, 0.15) is 27.8 Å². The summed E-state index contributed by atoms with van der Waals surface area (Å²) in [6, 6.07) is 70.3. The van der Waals surface area contributed by atoms with E-state index >= 15 is 0 Å². The molecule has 0 aliphatic rings. The molecule has 34 heteroatoms. The van der Waals surface area contributed by atoms with Crippen molar-refractivity contribution in [3.05, 3.63) is 297 Å². The number of aromatic amines is 1. The highest BCUT2D eigenvalue weighted by Crippen LogP contribution is 2.39. The summed E-state index contributed by atoms with van der Waals surface area (Å²) in [5.41, 5.74) is 4.77. The summed E-state index contributed by atoms with van der Waals surface area (Å²) in [7, 11) is 0. The Morgan fingerprint density at radius 2 is 0.645 bits per heavy atom. The van der Waals surface area contributed by atoms with Gasteiger partial charge in [-0.15, -0.1) is 0 Å². The van der Waals surface area contributed by atoms with Gasteiger partial charge in [0, 0.05) is 119 Å². The largest absolute Gasteiger partial charge is 0.416 e. The first kappa shape index (κ1) is 84.5. The van der Waals surface area contributed by atoms with Crippen molar-refractivity contribution in [1.82, 2.24) is 65.0 Å². The van der Waals surface area contributed by atoms with E-state index in [0.717, 1.165) is 102 Å². The molecule has 0 aliphatic heterocycles. The van der Waals surface area contributed by atoms with Gasteiger partial charge in [-0.05, 0) is 146 Å². The SMILES string of the molecule is FC(F)(F)c1ccc(Cl)c(-c2nc(NCCNc3ccn[nH]3)c3ccccc3n2)c1.N#Cc1ccc(NCCNc2nc(-c3cc(C(F)(F)F)ccc3Cl)nc3ccccc23)nc1.N#Cc1ccc(NCCNc2nc(-c3ccccc3Br)nc3ccccc23)nc1.N#Cc1ccc(NCCNc2nc(-c3ccccc3Cl)nc3ccccc23)nc1. The van der Waals surface area contributed by atoms with Crippen LogP contribution in [0.3, 0.4) is 0 Å². The fourth-order valence-corrected chi connectivity index (χ4v) is 13.0. The number of para-hydroxylation sites is 4. The fraction of sp³-hybridized carbons (Fsp3) is 0.115. The number of nitrogens with zero attached hydrogens (tertiary/aromatic N) is 15. The molecule has 0 saturated heterocycles. The number of hydrogen-bond donors (Lipinski definition) is 9. The quantitative estimate of drug-likeness (QED) is 0.0200. The molecule has 8 aromatic heterocycles. The summed E-state index contributed by atoms with van der Waals surface area (Å²) in [6.45, 7) is 4.58. The first-order valence-corrected chi connectivity index (χ1v) is 39.0. The zero-order chi connectivity index (χ0) is 84.7. The van der Waals surface area contributed by atoms with E-state index in [9.17, 15) is 26.3 Å². The summed E-state index contributed by atoms with van der Waals surface area (Å²) < 4.78 is 80.1. The average Bonchev–Trinajstić information content (AvgIpc) is 1.09. The molecule has 0 atom stereocenters. The van der Waals surface area contributed by atoms with Crippen LogP contribution in [0.4, 0.5) is 72.9 Å². The first-order chi connectivity index (χ1) is 58.7. The van der Waals surface area contributed by atoms with Crippen molar-refractivity contribution < 1.29 is 26.3 Å². The molecule has 0 fully saturated rings. The summed E-state index contributed by atoms with van der Waals surface area (Å²) in [5, 5.41) is 63.4. The molecule has 16 aromatic rings. The number of nitrogens with one attached hydrogen (secondary N) is 9. The molecule has 16 rings (SSSR count). The van der Waals surface area contributed by atoms with E-state index < -0.39 is 23.5 Å². The van der Waals surface area contributed by atoms with Crippen LogP contribution in [-0.4, -0.2) is 117 Å². The molecular weight excluding hydrogens is 1680 g/mol. The van der Waals surface area contributed by atoms with Gasteiger partial charge >= 0.3 is 12.4 Å². The molecule has 0 unspecified atom stereocenters. The maximum atomic E-state index is 13.2. The first-order valence-electron chi connectivity index (χ1n) is 37.1. The Kier molecular flexibility index (Phi) is 28.0. The van der Waals surface area contributed by atoms with Crippen LogP contribution in [0.2, 0.25) is 15.1 Å². The molecule has 8 aromatic carbocycles. The summed E-state index contributed by atoms with van der Waals surface area (Å²) >= 11 is 22.3. The van der Waals surface area contributed by atoms with Crippen molar-refractivity contribution in [3.63, 3.8) is 0 Å². The van der Waals surface area contributed by atoms with Crippen LogP contribution >= 0.6 is 50.7 Å². The molecule has 0 saturated carbocycles. The lowest BCUT2D eigenvalue weighted by Crippen LogP contribution is -2.15. The molecule has 24 nitrogen and oxygen atoms in total. The van der Waals surface area contributed by atoms with Gasteiger partial charge in [-0.2, -0.15) is 47.2 Å². The number of fused-ring (bicyclic) bond motifs is 4. The van der Waals surface area contributed by atoms with Gasteiger partial charge in [-0.1, -0.05) is 130 Å². The van der Waals surface area contributed by atoms with E-state index in [1.807, 2.05) is 127 Å². The number of pyridine rings is 3. The Morgan fingerprint density at radius 1 is 0.331 bits per heavy atom. The fourth-order valence-electron chi connectivity index (χ4n) is 11.9. The van der Waals surface area contributed by atoms with Gasteiger partial charge in [-0.25, -0.2) is 54.8 Å². The van der Waals surface area contributed by atoms with E-state index in [0.29, 0.717) is 114 Å². The number of rotatable bonds is 24. The number of anilines is 8. The summed E-state index contributed by atoms with van der Waals surface area (Å²) in [4.78, 5) is 49.2. The van der Waals surface area contributed by atoms with Crippen molar-refractivity contribution >= 4 is 141 Å². The highest BCUT2D eigenvalue weighted by molar-refractivity contribution is 9.10. The number of halogens is 10. The zero-order valence-corrected chi connectivity index (χ0v) is 67.2. The molecule has 8 heterocycles. The van der Waals surface area contributed by atoms with E-state index in [1.165, 1.54) is 18.3 Å². The number of H-pyrrole nitrogens is 1. The second-order valence-corrected chi connectivity index (χ2v) is 28.1. The minimum atomic E-state index is -4.51. The Morgan fingerprint density at radius 3 is 0.975 bits per heavy atom. The van der Waals surface area contributed by atoms with Crippen LogP contribution in [-0.2, 0) is 12.4 Å². The summed E-state index contributed by atoms with van der Waals surface area (Å²) in [5.74, 6) is 6.81. The smallest absolute Gasteiger partial charge is 0.369 e. The molecular formula is C87H66BrCl3F6N24. The standard InChI is InChI=1S/C23H16ClF3N6.C22H17BrN6.C22H17ClN6.C20H16ClF3N6/c24-18-7-6-15(23(25,26)27)11-17(18)22-32-19-4-2-1-3-16(19)21(33-22)30-10-9-29-20-8-5-14(12-28)13-31-20;2*23-18-7-3-1-5-16(18)22-28-19-8-4-2-6-17(19)21(29-22)26-12-11-25-20-10-9-15(13-24)14-27-20;21-15-6-5-12(20(22,23)24)11-14(15)19-28-16-4-2-1-3-13(16)18(29-19)26-10-9-25-17-7-8-27-30-17/h1-8,11,13H,9-10H2,(H,29,31)(H,30,32,33);2*1-10,14H,11-12H2,(H,25,27)(H,26,28,29);1-8,11H,9-10H2,(H2,25,27,30)(H,26,28,29). The third kappa shape index (κ3) is 22.5. The highest BCUT2D eigenvalue weighted by atomic mass is 79.9. The number of nitriles is 3. The van der Waals surface area contributed by atoms with Crippen molar-refractivity contribution in [2.45, 2.75) is 12.4 Å². The predicted molar refractivity (Wildman–Crippen MR) is 466 cm³/mol. The lowest BCUT2D eigenvalue weighted by atomic mass is 10.1. The molecule has 121 heavy (non-hydrogen) atoms. The molecule has 9 N–H and O–H groups in total. The third-order valence-electron chi connectivity index (χ3n) is 17.8. The van der Waals surface area contributed by atoms with Gasteiger partial charge in [0.05, 0.1) is 71.1 Å². The number of benzene rings is 8. The Labute approximate surface area is 711 Å². The highest BCUT2D eigenvalue weighted by Gasteiger charge is 2.33. The van der Waals surface area contributed by atoms with Crippen molar-refractivity contribution in [2.75, 3.05) is 94.9 Å². The van der Waals surface area contributed by atoms with Gasteiger partial charge in [0.1, 0.15) is 64.8 Å².